The molecule has 0 spiro atoms. The van der Waals surface area contributed by atoms with E-state index >= 15 is 0 Å². The van der Waals surface area contributed by atoms with Crippen molar-refractivity contribution in [1.82, 2.24) is 41.5 Å². The van der Waals surface area contributed by atoms with Crippen molar-refractivity contribution < 1.29 is 39.0 Å². The van der Waals surface area contributed by atoms with Crippen molar-refractivity contribution in [3.8, 4) is 5.75 Å². The predicted molar refractivity (Wildman–Crippen MR) is 177 cm³/mol. The lowest BCUT2D eigenvalue weighted by Gasteiger charge is -2.25. The summed E-state index contributed by atoms with van der Waals surface area (Å²) in [5.74, 6) is -3.28. The van der Waals surface area contributed by atoms with E-state index in [0.717, 1.165) is 10.9 Å². The number of carbonyl (C=O) groups excluding carboxylic acids is 6. The van der Waals surface area contributed by atoms with Crippen LogP contribution in [0, 0.1) is 6.07 Å². The molecule has 5 atom stereocenters. The molecule has 16 nitrogen and oxygen atoms in total. The molecule has 9 N–H and O–H groups in total. The molecule has 2 aromatic carbocycles. The molecule has 0 unspecified atom stereocenters. The Balaban J connectivity index is 1.33. The summed E-state index contributed by atoms with van der Waals surface area (Å²) in [6.07, 6.45) is 5.53. The zero-order valence-corrected chi connectivity index (χ0v) is 26.8. The van der Waals surface area contributed by atoms with Gasteiger partial charge < -0.3 is 51.6 Å². The van der Waals surface area contributed by atoms with Crippen LogP contribution in [0.5, 0.6) is 5.75 Å². The number of nitrogens with zero attached hydrogens (tertiary/aromatic N) is 1. The fourth-order valence-corrected chi connectivity index (χ4v) is 5.60. The molecule has 2 aromatic heterocycles. The molecule has 0 aliphatic carbocycles. The van der Waals surface area contributed by atoms with Gasteiger partial charge in [0.1, 0.15) is 36.2 Å². The maximum atomic E-state index is 13.8. The van der Waals surface area contributed by atoms with Gasteiger partial charge in [0.15, 0.2) is 0 Å². The van der Waals surface area contributed by atoms with Crippen LogP contribution in [0.15, 0.2) is 61.2 Å². The molecule has 1 fully saturated rings. The van der Waals surface area contributed by atoms with Crippen LogP contribution in [0.25, 0.3) is 10.9 Å². The number of carbonyl (C=O) groups is 6. The van der Waals surface area contributed by atoms with Crippen molar-refractivity contribution in [2.24, 2.45) is 0 Å². The van der Waals surface area contributed by atoms with E-state index in [1.54, 1.807) is 12.4 Å². The molecule has 1 saturated heterocycles. The second-order valence-electron chi connectivity index (χ2n) is 11.9. The third-order valence-corrected chi connectivity index (χ3v) is 8.25. The number of aromatic amines is 2. The number of hydrogen-bond acceptors (Lipinski definition) is 9. The molecule has 1 aliphatic rings. The van der Waals surface area contributed by atoms with E-state index in [-0.39, 0.29) is 43.8 Å². The van der Waals surface area contributed by atoms with Gasteiger partial charge in [0.2, 0.25) is 29.5 Å². The molecule has 50 heavy (non-hydrogen) atoms. The van der Waals surface area contributed by atoms with Crippen LogP contribution in [0.4, 0.5) is 0 Å². The van der Waals surface area contributed by atoms with Gasteiger partial charge in [-0.1, -0.05) is 24.3 Å². The molecule has 0 saturated carbocycles. The van der Waals surface area contributed by atoms with E-state index in [0.29, 0.717) is 23.1 Å². The topological polar surface area (TPSA) is 248 Å². The second-order valence-corrected chi connectivity index (χ2v) is 11.9. The van der Waals surface area contributed by atoms with Gasteiger partial charge in [0.25, 0.3) is 0 Å². The number of para-hydroxylation sites is 1. The predicted octanol–water partition coefficient (Wildman–Crippen LogP) is -1.17. The first-order valence-corrected chi connectivity index (χ1v) is 15.9. The van der Waals surface area contributed by atoms with E-state index in [2.05, 4.69) is 47.6 Å². The van der Waals surface area contributed by atoms with Gasteiger partial charge in [0.05, 0.1) is 24.7 Å². The quantitative estimate of drug-likeness (QED) is 0.0644. The van der Waals surface area contributed by atoms with Gasteiger partial charge in [-0.25, -0.2) is 4.98 Å². The Morgan fingerprint density at radius 1 is 0.940 bits per heavy atom. The number of benzene rings is 2. The van der Waals surface area contributed by atoms with Crippen molar-refractivity contribution in [2.45, 2.75) is 62.3 Å². The number of rotatable bonds is 16. The van der Waals surface area contributed by atoms with Gasteiger partial charge in [-0.15, -0.1) is 0 Å². The number of amides is 5. The van der Waals surface area contributed by atoms with Crippen molar-refractivity contribution in [1.29, 1.82) is 0 Å². The number of phenolic OH excluding ortho intramolecular Hbond substituents is 1. The summed E-state index contributed by atoms with van der Waals surface area (Å²) in [5.41, 5.74) is 2.43. The summed E-state index contributed by atoms with van der Waals surface area (Å²) in [4.78, 5) is 87.4. The minimum Gasteiger partial charge on any atom is -0.508 e. The number of aromatic nitrogens is 3. The van der Waals surface area contributed by atoms with Crippen LogP contribution < -0.4 is 26.6 Å². The second kappa shape index (κ2) is 16.4. The molecule has 3 heterocycles. The van der Waals surface area contributed by atoms with Crippen molar-refractivity contribution in [3.63, 3.8) is 0 Å². The number of hydrogen-bond donors (Lipinski definition) is 9. The third kappa shape index (κ3) is 9.10. The summed E-state index contributed by atoms with van der Waals surface area (Å²) in [5, 5.41) is 33.2. The summed E-state index contributed by atoms with van der Waals surface area (Å²) < 4.78 is 0. The van der Waals surface area contributed by atoms with E-state index in [1.165, 1.54) is 24.5 Å². The van der Waals surface area contributed by atoms with Crippen LogP contribution in [0.1, 0.15) is 29.7 Å². The Bertz CT molecular complexity index is 1820. The minimum absolute atomic E-state index is 0.0186. The zero-order chi connectivity index (χ0) is 35.6. The number of phenols is 1. The lowest BCUT2D eigenvalue weighted by molar-refractivity contribution is -0.134. The standard InChI is InChI=1S/C34H37N8O8/c43-16-22(11-19-5-7-23(45)8-6-19)38-34(50)29(17-44)42-32(48)27(12-20-14-36-25-4-2-1-3-24(20)25)40-33(49)28(13-21-15-35-18-37-21)41-31(47)26-9-10-30(46)39-26/h1-5,7-8,14-16,18,22,26-29,36,44-45H,9-13,17H2,(H,35,37)(H,38,50)(H,39,46)(H,40,49)(H,41,47)(H,42,48)/t22-,26-,27-,28-,29-/m0/s1. The number of aromatic hydroxyl groups is 1. The summed E-state index contributed by atoms with van der Waals surface area (Å²) in [6.45, 7) is -0.826. The van der Waals surface area contributed by atoms with Gasteiger partial charge in [-0.3, -0.25) is 24.0 Å². The Labute approximate surface area is 285 Å². The Morgan fingerprint density at radius 3 is 2.34 bits per heavy atom. The maximum Gasteiger partial charge on any atom is 0.245 e. The number of aliphatic hydroxyl groups excluding tert-OH is 1. The molecule has 16 heteroatoms. The smallest absolute Gasteiger partial charge is 0.245 e. The lowest BCUT2D eigenvalue weighted by atomic mass is 10.0. The highest BCUT2D eigenvalue weighted by atomic mass is 16.3. The van der Waals surface area contributed by atoms with Crippen LogP contribution >= 0.6 is 0 Å². The number of fused-ring (bicyclic) bond motifs is 1. The Kier molecular flexibility index (Phi) is 11.6. The number of nitrogens with one attached hydrogen (secondary N) is 7. The number of H-pyrrole nitrogens is 2. The average molecular weight is 686 g/mol. The monoisotopic (exact) mass is 685 g/mol. The lowest BCUT2D eigenvalue weighted by Crippen LogP contribution is -2.59. The van der Waals surface area contributed by atoms with Gasteiger partial charge in [0, 0.05) is 49.0 Å². The van der Waals surface area contributed by atoms with Crippen LogP contribution in [0.3, 0.4) is 0 Å². The fourth-order valence-electron chi connectivity index (χ4n) is 5.60. The van der Waals surface area contributed by atoms with E-state index in [9.17, 15) is 39.0 Å². The van der Waals surface area contributed by atoms with Crippen molar-refractivity contribution in [3.05, 3.63) is 84.1 Å². The van der Waals surface area contributed by atoms with E-state index < -0.39 is 60.4 Å². The zero-order valence-electron chi connectivity index (χ0n) is 26.8. The first kappa shape index (κ1) is 35.3. The van der Waals surface area contributed by atoms with Gasteiger partial charge in [-0.2, -0.15) is 0 Å². The highest BCUT2D eigenvalue weighted by Crippen LogP contribution is 2.20. The average Bonchev–Trinajstić information content (AvgIpc) is 3.89. The first-order chi connectivity index (χ1) is 24.1. The Morgan fingerprint density at radius 2 is 1.68 bits per heavy atom. The number of aliphatic hydroxyl groups is 1. The highest BCUT2D eigenvalue weighted by molar-refractivity contribution is 5.97. The van der Waals surface area contributed by atoms with Crippen molar-refractivity contribution >= 4 is 46.7 Å². The van der Waals surface area contributed by atoms with Crippen LogP contribution in [-0.4, -0.2) is 97.8 Å². The molecule has 0 bridgehead atoms. The molecule has 1 aliphatic heterocycles. The number of aldehydes is 1. The summed E-state index contributed by atoms with van der Waals surface area (Å²) >= 11 is 0. The van der Waals surface area contributed by atoms with Crippen LogP contribution in [-0.2, 0) is 48.0 Å². The van der Waals surface area contributed by atoms with E-state index in [4.69, 9.17) is 0 Å². The fraction of sp³-hybridized carbons (Fsp3) is 0.324. The molecule has 4 aromatic rings. The minimum atomic E-state index is -1.50. The van der Waals surface area contributed by atoms with Gasteiger partial charge >= 0.3 is 0 Å². The number of imidazole rings is 1. The summed E-state index contributed by atoms with van der Waals surface area (Å²) in [6, 6.07) is 8.51. The SMILES string of the molecule is O=C[C@H](Cc1[c]cc(O)cc1)NC(=O)[C@H](CO)NC(=O)[C@H](Cc1c[nH]c2ccccc12)NC(=O)[C@H](Cc1c[nH]cn1)NC(=O)[C@@H]1CCC(=O)N1. The van der Waals surface area contributed by atoms with Crippen molar-refractivity contribution in [2.75, 3.05) is 6.61 Å². The first-order valence-electron chi connectivity index (χ1n) is 15.9. The highest BCUT2D eigenvalue weighted by Gasteiger charge is 2.34. The molecular weight excluding hydrogens is 648 g/mol. The third-order valence-electron chi connectivity index (χ3n) is 8.25. The molecule has 5 rings (SSSR count). The van der Waals surface area contributed by atoms with E-state index in [1.807, 2.05) is 24.3 Å². The molecule has 5 amide bonds. The molecule has 1 radical (unpaired) electrons. The molecule has 261 valence electrons. The molecular formula is C34H37N8O8. The largest absolute Gasteiger partial charge is 0.508 e. The Hall–Kier alpha value is -6.03. The normalized spacial score (nSPS) is 16.4. The van der Waals surface area contributed by atoms with Gasteiger partial charge in [-0.05, 0) is 41.8 Å². The maximum absolute atomic E-state index is 13.8. The van der Waals surface area contributed by atoms with Crippen LogP contribution in [0.2, 0.25) is 0 Å². The summed E-state index contributed by atoms with van der Waals surface area (Å²) in [7, 11) is 0.